The van der Waals surface area contributed by atoms with E-state index in [1.165, 1.54) is 11.0 Å². The van der Waals surface area contributed by atoms with Crippen LogP contribution in [0.15, 0.2) is 18.2 Å². The number of ether oxygens (including phenoxy) is 2. The van der Waals surface area contributed by atoms with Crippen molar-refractivity contribution in [3.8, 4) is 16.2 Å². The summed E-state index contributed by atoms with van der Waals surface area (Å²) in [5, 5.41) is 2.38. The molecule has 9 nitrogen and oxygen atoms in total. The summed E-state index contributed by atoms with van der Waals surface area (Å²) in [5.74, 6) is -3.16. The number of benzene rings is 1. The predicted molar refractivity (Wildman–Crippen MR) is 109 cm³/mol. The van der Waals surface area contributed by atoms with E-state index < -0.39 is 41.5 Å². The zero-order chi connectivity index (χ0) is 22.7. The van der Waals surface area contributed by atoms with Crippen molar-refractivity contribution in [2.45, 2.75) is 18.9 Å². The number of likely N-dealkylation sites (tertiary alicyclic amines) is 1. The Balaban J connectivity index is 1.89. The maximum atomic E-state index is 14.1. The molecule has 5 N–H and O–H groups in total. The molecular weight excluding hydrogens is 434 g/mol. The normalized spacial score (nSPS) is 16.0. The van der Waals surface area contributed by atoms with E-state index in [0.717, 1.165) is 30.6 Å². The number of amides is 4. The van der Waals surface area contributed by atoms with Gasteiger partial charge in [0.1, 0.15) is 11.1 Å². The second-order valence-corrected chi connectivity index (χ2v) is 7.82. The first kappa shape index (κ1) is 22.3. The van der Waals surface area contributed by atoms with Gasteiger partial charge in [0.25, 0.3) is 0 Å². The Morgan fingerprint density at radius 2 is 1.87 bits per heavy atom. The molecule has 4 amide bonds. The van der Waals surface area contributed by atoms with Crippen molar-refractivity contribution < 1.29 is 32.6 Å². The summed E-state index contributed by atoms with van der Waals surface area (Å²) in [5.41, 5.74) is 10.5. The largest absolute Gasteiger partial charge is 0.491 e. The SMILES string of the molecule is COc1c(F)cc(-c2cc(C(=O)OC3CCCN(C(N)=O)C3)c(NC(N)=O)s2)cc1F. The van der Waals surface area contributed by atoms with Crippen LogP contribution in [0.25, 0.3) is 10.4 Å². The molecule has 1 atom stereocenters. The molecule has 1 aliphatic heterocycles. The third kappa shape index (κ3) is 5.02. The summed E-state index contributed by atoms with van der Waals surface area (Å²) in [6.45, 7) is 0.612. The average Bonchev–Trinajstić information content (AvgIpc) is 3.11. The standard InChI is InChI=1S/C19H20F2N4O5S/c1-29-15-12(20)5-9(6-13(15)21)14-7-11(16(31-14)24-18(22)27)17(26)30-10-3-2-4-25(8-10)19(23)28/h5-7,10H,2-4,8H2,1H3,(H2,23,28)(H3,22,24,27). The number of methoxy groups -OCH3 is 1. The summed E-state index contributed by atoms with van der Waals surface area (Å²) in [6.07, 6.45) is 0.543. The smallest absolute Gasteiger partial charge is 0.341 e. The molecule has 3 rings (SSSR count). The maximum absolute atomic E-state index is 14.1. The van der Waals surface area contributed by atoms with E-state index in [4.69, 9.17) is 16.2 Å². The number of hydrogen-bond acceptors (Lipinski definition) is 6. The van der Waals surface area contributed by atoms with Crippen LogP contribution in [-0.4, -0.2) is 49.2 Å². The van der Waals surface area contributed by atoms with Gasteiger partial charge in [0.2, 0.25) is 0 Å². The lowest BCUT2D eigenvalue weighted by Crippen LogP contribution is -2.46. The number of primary amides is 2. The Bertz CT molecular complexity index is 1010. The first-order chi connectivity index (χ1) is 14.7. The molecule has 1 aliphatic rings. The zero-order valence-corrected chi connectivity index (χ0v) is 17.3. The number of thiophene rings is 1. The zero-order valence-electron chi connectivity index (χ0n) is 16.4. The highest BCUT2D eigenvalue weighted by Crippen LogP contribution is 2.38. The van der Waals surface area contributed by atoms with E-state index in [2.05, 4.69) is 10.1 Å². The van der Waals surface area contributed by atoms with Crippen molar-refractivity contribution in [1.82, 2.24) is 4.90 Å². The Hall–Kier alpha value is -3.41. The summed E-state index contributed by atoms with van der Waals surface area (Å²) >= 11 is 0.896. The Labute approximate surface area is 179 Å². The molecule has 1 aromatic carbocycles. The highest BCUT2D eigenvalue weighted by Gasteiger charge is 2.28. The fourth-order valence-corrected chi connectivity index (χ4v) is 4.27. The lowest BCUT2D eigenvalue weighted by atomic mass is 10.1. The van der Waals surface area contributed by atoms with E-state index in [1.54, 1.807) is 0 Å². The summed E-state index contributed by atoms with van der Waals surface area (Å²) in [7, 11) is 1.14. The number of piperidine rings is 1. The van der Waals surface area contributed by atoms with Crippen molar-refractivity contribution in [2.75, 3.05) is 25.5 Å². The maximum Gasteiger partial charge on any atom is 0.341 e. The summed E-state index contributed by atoms with van der Waals surface area (Å²) in [4.78, 5) is 37.1. The Morgan fingerprint density at radius 1 is 1.19 bits per heavy atom. The van der Waals surface area contributed by atoms with E-state index >= 15 is 0 Å². The van der Waals surface area contributed by atoms with Crippen LogP contribution in [0.5, 0.6) is 5.75 Å². The molecule has 12 heteroatoms. The number of rotatable bonds is 5. The van der Waals surface area contributed by atoms with Crippen LogP contribution < -0.4 is 21.5 Å². The Morgan fingerprint density at radius 3 is 2.45 bits per heavy atom. The number of carbonyl (C=O) groups excluding carboxylic acids is 3. The fourth-order valence-electron chi connectivity index (χ4n) is 3.24. The van der Waals surface area contributed by atoms with Gasteiger partial charge < -0.3 is 25.8 Å². The van der Waals surface area contributed by atoms with E-state index in [-0.39, 0.29) is 22.7 Å². The van der Waals surface area contributed by atoms with Crippen LogP contribution in [0.4, 0.5) is 23.4 Å². The van der Waals surface area contributed by atoms with Gasteiger partial charge in [-0.25, -0.2) is 23.2 Å². The third-order valence-electron chi connectivity index (χ3n) is 4.64. The molecule has 0 radical (unpaired) electrons. The van der Waals surface area contributed by atoms with Gasteiger partial charge in [0.15, 0.2) is 17.4 Å². The molecular formula is C19H20F2N4O5S. The molecule has 2 heterocycles. The van der Waals surface area contributed by atoms with Crippen LogP contribution >= 0.6 is 11.3 Å². The van der Waals surface area contributed by atoms with Crippen LogP contribution in [-0.2, 0) is 4.74 Å². The molecule has 1 aromatic heterocycles. The molecule has 2 aromatic rings. The molecule has 0 spiro atoms. The molecule has 166 valence electrons. The summed E-state index contributed by atoms with van der Waals surface area (Å²) < 4.78 is 38.3. The number of nitrogens with zero attached hydrogens (tertiary/aromatic N) is 1. The molecule has 31 heavy (non-hydrogen) atoms. The van der Waals surface area contributed by atoms with Crippen LogP contribution in [0, 0.1) is 11.6 Å². The van der Waals surface area contributed by atoms with Gasteiger partial charge in [-0.3, -0.25) is 5.32 Å². The lowest BCUT2D eigenvalue weighted by Gasteiger charge is -2.31. The van der Waals surface area contributed by atoms with Crippen molar-refractivity contribution in [3.05, 3.63) is 35.4 Å². The van der Waals surface area contributed by atoms with Gasteiger partial charge >= 0.3 is 18.0 Å². The van der Waals surface area contributed by atoms with Crippen molar-refractivity contribution >= 4 is 34.4 Å². The van der Waals surface area contributed by atoms with Crippen LogP contribution in [0.2, 0.25) is 0 Å². The van der Waals surface area contributed by atoms with Crippen LogP contribution in [0.1, 0.15) is 23.2 Å². The minimum Gasteiger partial charge on any atom is -0.491 e. The van der Waals surface area contributed by atoms with Gasteiger partial charge in [-0.05, 0) is 36.6 Å². The topological polar surface area (TPSA) is 137 Å². The van der Waals surface area contributed by atoms with Crippen molar-refractivity contribution in [1.29, 1.82) is 0 Å². The Kier molecular flexibility index (Phi) is 6.59. The van der Waals surface area contributed by atoms with Gasteiger partial charge in [0, 0.05) is 11.4 Å². The number of anilines is 1. The van der Waals surface area contributed by atoms with E-state index in [0.29, 0.717) is 24.3 Å². The first-order valence-electron chi connectivity index (χ1n) is 9.18. The molecule has 1 fully saturated rings. The number of carbonyl (C=O) groups is 3. The highest BCUT2D eigenvalue weighted by molar-refractivity contribution is 7.20. The number of hydrogen-bond donors (Lipinski definition) is 3. The fraction of sp³-hybridized carbons (Fsp3) is 0.316. The quantitative estimate of drug-likeness (QED) is 0.597. The van der Waals surface area contributed by atoms with Gasteiger partial charge in [-0.1, -0.05) is 0 Å². The second kappa shape index (κ2) is 9.16. The minimum atomic E-state index is -0.924. The summed E-state index contributed by atoms with van der Waals surface area (Å²) in [6, 6.07) is 1.89. The van der Waals surface area contributed by atoms with Crippen molar-refractivity contribution in [3.63, 3.8) is 0 Å². The molecule has 1 saturated heterocycles. The number of urea groups is 2. The number of nitrogens with two attached hydrogens (primary N) is 2. The van der Waals surface area contributed by atoms with E-state index in [9.17, 15) is 23.2 Å². The number of nitrogens with one attached hydrogen (secondary N) is 1. The lowest BCUT2D eigenvalue weighted by molar-refractivity contribution is 0.0129. The third-order valence-corrected chi connectivity index (χ3v) is 5.74. The predicted octanol–water partition coefficient (Wildman–Crippen LogP) is 2.89. The monoisotopic (exact) mass is 454 g/mol. The van der Waals surface area contributed by atoms with E-state index in [1.807, 2.05) is 0 Å². The number of halogens is 2. The average molecular weight is 454 g/mol. The van der Waals surface area contributed by atoms with Gasteiger partial charge in [-0.2, -0.15) is 0 Å². The molecule has 1 unspecified atom stereocenters. The minimum absolute atomic E-state index is 0.0355. The van der Waals surface area contributed by atoms with Gasteiger partial charge in [-0.15, -0.1) is 11.3 Å². The molecule has 0 bridgehead atoms. The molecule has 0 saturated carbocycles. The van der Waals surface area contributed by atoms with Crippen LogP contribution in [0.3, 0.4) is 0 Å². The molecule has 0 aliphatic carbocycles. The van der Waals surface area contributed by atoms with Gasteiger partial charge in [0.05, 0.1) is 19.2 Å². The second-order valence-electron chi connectivity index (χ2n) is 6.77. The highest BCUT2D eigenvalue weighted by atomic mass is 32.1. The van der Waals surface area contributed by atoms with Crippen molar-refractivity contribution in [2.24, 2.45) is 11.5 Å². The first-order valence-corrected chi connectivity index (χ1v) is 10.00. The number of esters is 1.